The van der Waals surface area contributed by atoms with Gasteiger partial charge < -0.3 is 20.1 Å². The van der Waals surface area contributed by atoms with Crippen LogP contribution in [-0.4, -0.2) is 48.2 Å². The Balaban J connectivity index is 1.71. The summed E-state index contributed by atoms with van der Waals surface area (Å²) >= 11 is 0. The minimum Gasteiger partial charge on any atom is -0.360 e. The molecule has 0 saturated carbocycles. The van der Waals surface area contributed by atoms with Crippen LogP contribution in [0.2, 0.25) is 0 Å². The number of hydrogen-bond acceptors (Lipinski definition) is 5. The molecule has 1 fully saturated rings. The van der Waals surface area contributed by atoms with Crippen LogP contribution in [-0.2, 0) is 4.79 Å². The summed E-state index contributed by atoms with van der Waals surface area (Å²) in [5, 5.41) is 9.84. The molecular formula is C12H20N4O2. The van der Waals surface area contributed by atoms with Gasteiger partial charge in [-0.2, -0.15) is 0 Å². The second-order valence-electron chi connectivity index (χ2n) is 4.78. The van der Waals surface area contributed by atoms with Crippen molar-refractivity contribution in [2.75, 3.05) is 31.5 Å². The highest BCUT2D eigenvalue weighted by Gasteiger charge is 2.16. The number of rotatable bonds is 4. The number of aromatic nitrogens is 1. The fourth-order valence-electron chi connectivity index (χ4n) is 2.11. The van der Waals surface area contributed by atoms with E-state index in [1.807, 2.05) is 0 Å². The van der Waals surface area contributed by atoms with E-state index >= 15 is 0 Å². The summed E-state index contributed by atoms with van der Waals surface area (Å²) < 4.78 is 4.89. The number of aryl methyl sites for hydroxylation is 1. The van der Waals surface area contributed by atoms with Gasteiger partial charge in [0.1, 0.15) is 5.76 Å². The van der Waals surface area contributed by atoms with Gasteiger partial charge in [-0.3, -0.25) is 4.79 Å². The standard InChI is InChI=1S/C12H20N4O2/c1-9-8-16(6-4-13-9)5-3-12(17)14-11-7-10(2)18-15-11/h7,9,13H,3-6,8H2,1-2H3,(H,14,15,17)/t9-/m1/s1. The number of hydrogen-bond donors (Lipinski definition) is 2. The molecule has 0 radical (unpaired) electrons. The van der Waals surface area contributed by atoms with E-state index < -0.39 is 0 Å². The number of nitrogens with zero attached hydrogens (tertiary/aromatic N) is 2. The van der Waals surface area contributed by atoms with E-state index in [0.29, 0.717) is 24.0 Å². The zero-order chi connectivity index (χ0) is 13.0. The van der Waals surface area contributed by atoms with Gasteiger partial charge in [0.05, 0.1) is 0 Å². The molecule has 1 aliphatic rings. The van der Waals surface area contributed by atoms with Crippen molar-refractivity contribution < 1.29 is 9.32 Å². The summed E-state index contributed by atoms with van der Waals surface area (Å²) in [6.07, 6.45) is 0.485. The van der Waals surface area contributed by atoms with Gasteiger partial charge in [0.25, 0.3) is 0 Å². The van der Waals surface area contributed by atoms with Crippen LogP contribution in [0.25, 0.3) is 0 Å². The molecular weight excluding hydrogens is 232 g/mol. The molecule has 0 spiro atoms. The number of carbonyl (C=O) groups excluding carboxylic acids is 1. The van der Waals surface area contributed by atoms with E-state index in [2.05, 4.69) is 27.6 Å². The molecule has 2 rings (SSSR count). The van der Waals surface area contributed by atoms with Gasteiger partial charge in [-0.1, -0.05) is 5.16 Å². The average Bonchev–Trinajstić information content (AvgIpc) is 2.72. The minimum absolute atomic E-state index is 0.0190. The predicted octanol–water partition coefficient (Wildman–Crippen LogP) is 0.605. The molecule has 0 bridgehead atoms. The minimum atomic E-state index is -0.0190. The Morgan fingerprint density at radius 1 is 1.72 bits per heavy atom. The SMILES string of the molecule is Cc1cc(NC(=O)CCN2CCN[C@H](C)C2)no1. The lowest BCUT2D eigenvalue weighted by Gasteiger charge is -2.31. The third-order valence-electron chi connectivity index (χ3n) is 3.00. The van der Waals surface area contributed by atoms with Gasteiger partial charge in [-0.25, -0.2) is 0 Å². The summed E-state index contributed by atoms with van der Waals surface area (Å²) in [6.45, 7) is 7.73. The number of amides is 1. The smallest absolute Gasteiger partial charge is 0.226 e. The summed E-state index contributed by atoms with van der Waals surface area (Å²) in [5.74, 6) is 1.17. The van der Waals surface area contributed by atoms with Crippen molar-refractivity contribution >= 4 is 11.7 Å². The van der Waals surface area contributed by atoms with Gasteiger partial charge in [-0.05, 0) is 13.8 Å². The quantitative estimate of drug-likeness (QED) is 0.821. The zero-order valence-electron chi connectivity index (χ0n) is 10.9. The Kier molecular flexibility index (Phi) is 4.33. The highest BCUT2D eigenvalue weighted by Crippen LogP contribution is 2.07. The van der Waals surface area contributed by atoms with Crippen molar-refractivity contribution in [2.24, 2.45) is 0 Å². The van der Waals surface area contributed by atoms with Crippen LogP contribution in [0.5, 0.6) is 0 Å². The number of anilines is 1. The Hall–Kier alpha value is -1.40. The van der Waals surface area contributed by atoms with Crippen LogP contribution in [0.4, 0.5) is 5.82 Å². The second-order valence-corrected chi connectivity index (χ2v) is 4.78. The van der Waals surface area contributed by atoms with Crippen LogP contribution < -0.4 is 10.6 Å². The van der Waals surface area contributed by atoms with Crippen molar-refractivity contribution in [1.82, 2.24) is 15.4 Å². The van der Waals surface area contributed by atoms with E-state index in [1.54, 1.807) is 13.0 Å². The lowest BCUT2D eigenvalue weighted by atomic mass is 10.2. The first-order valence-electron chi connectivity index (χ1n) is 6.32. The molecule has 6 nitrogen and oxygen atoms in total. The third kappa shape index (κ3) is 3.82. The Morgan fingerprint density at radius 2 is 2.56 bits per heavy atom. The van der Waals surface area contributed by atoms with E-state index in [1.165, 1.54) is 0 Å². The van der Waals surface area contributed by atoms with E-state index in [0.717, 1.165) is 26.2 Å². The monoisotopic (exact) mass is 252 g/mol. The van der Waals surface area contributed by atoms with Gasteiger partial charge in [0, 0.05) is 44.7 Å². The highest BCUT2D eigenvalue weighted by atomic mass is 16.5. The summed E-state index contributed by atoms with van der Waals surface area (Å²) in [7, 11) is 0. The molecule has 0 aromatic carbocycles. The lowest BCUT2D eigenvalue weighted by Crippen LogP contribution is -2.49. The summed E-state index contributed by atoms with van der Waals surface area (Å²) in [5.41, 5.74) is 0. The zero-order valence-corrected chi connectivity index (χ0v) is 10.9. The fourth-order valence-corrected chi connectivity index (χ4v) is 2.11. The number of piperazine rings is 1. The highest BCUT2D eigenvalue weighted by molar-refractivity contribution is 5.89. The molecule has 1 aromatic rings. The lowest BCUT2D eigenvalue weighted by molar-refractivity contribution is -0.116. The maximum atomic E-state index is 11.7. The van der Waals surface area contributed by atoms with Crippen LogP contribution in [0.1, 0.15) is 19.1 Å². The largest absolute Gasteiger partial charge is 0.360 e. The molecule has 2 heterocycles. The van der Waals surface area contributed by atoms with Gasteiger partial charge in [0.15, 0.2) is 5.82 Å². The Labute approximate surface area is 107 Å². The molecule has 18 heavy (non-hydrogen) atoms. The molecule has 1 aliphatic heterocycles. The molecule has 2 N–H and O–H groups in total. The van der Waals surface area contributed by atoms with E-state index in [-0.39, 0.29) is 5.91 Å². The van der Waals surface area contributed by atoms with Crippen molar-refractivity contribution in [3.63, 3.8) is 0 Å². The Bertz CT molecular complexity index is 405. The molecule has 1 saturated heterocycles. The number of nitrogens with one attached hydrogen (secondary N) is 2. The summed E-state index contributed by atoms with van der Waals surface area (Å²) in [4.78, 5) is 14.0. The van der Waals surface area contributed by atoms with Gasteiger partial charge >= 0.3 is 0 Å². The second kappa shape index (κ2) is 5.97. The molecule has 1 aromatic heterocycles. The maximum Gasteiger partial charge on any atom is 0.226 e. The summed E-state index contributed by atoms with van der Waals surface area (Å²) in [6, 6.07) is 2.21. The van der Waals surface area contributed by atoms with E-state index in [9.17, 15) is 4.79 Å². The normalized spacial score (nSPS) is 20.9. The first-order valence-corrected chi connectivity index (χ1v) is 6.32. The van der Waals surface area contributed by atoms with Crippen molar-refractivity contribution in [1.29, 1.82) is 0 Å². The molecule has 6 heteroatoms. The van der Waals surface area contributed by atoms with E-state index in [4.69, 9.17) is 4.52 Å². The average molecular weight is 252 g/mol. The van der Waals surface area contributed by atoms with Gasteiger partial charge in [0.2, 0.25) is 5.91 Å². The number of carbonyl (C=O) groups is 1. The van der Waals surface area contributed by atoms with Crippen LogP contribution in [0.15, 0.2) is 10.6 Å². The van der Waals surface area contributed by atoms with Crippen molar-refractivity contribution in [3.8, 4) is 0 Å². The first kappa shape index (κ1) is 13.0. The molecule has 100 valence electrons. The fraction of sp³-hybridized carbons (Fsp3) is 0.667. The predicted molar refractivity (Wildman–Crippen MR) is 68.4 cm³/mol. The van der Waals surface area contributed by atoms with Crippen molar-refractivity contribution in [2.45, 2.75) is 26.3 Å². The Morgan fingerprint density at radius 3 is 3.22 bits per heavy atom. The molecule has 0 aliphatic carbocycles. The maximum absolute atomic E-state index is 11.7. The molecule has 0 unspecified atom stereocenters. The topological polar surface area (TPSA) is 70.4 Å². The third-order valence-corrected chi connectivity index (χ3v) is 3.00. The van der Waals surface area contributed by atoms with Crippen LogP contribution in [0.3, 0.4) is 0 Å². The van der Waals surface area contributed by atoms with Crippen LogP contribution in [0, 0.1) is 6.92 Å². The first-order chi connectivity index (χ1) is 8.63. The van der Waals surface area contributed by atoms with Crippen LogP contribution >= 0.6 is 0 Å². The van der Waals surface area contributed by atoms with Crippen molar-refractivity contribution in [3.05, 3.63) is 11.8 Å². The molecule has 1 amide bonds. The van der Waals surface area contributed by atoms with Gasteiger partial charge in [-0.15, -0.1) is 0 Å². The molecule has 1 atom stereocenters.